The van der Waals surface area contributed by atoms with Crippen LogP contribution in [0.5, 0.6) is 0 Å². The van der Waals surface area contributed by atoms with E-state index in [0.29, 0.717) is 30.5 Å². The third-order valence-corrected chi connectivity index (χ3v) is 4.66. The van der Waals surface area contributed by atoms with Crippen LogP contribution in [-0.4, -0.2) is 46.1 Å². The lowest BCUT2D eigenvalue weighted by molar-refractivity contribution is -0.132. The Bertz CT molecular complexity index is 715. The van der Waals surface area contributed by atoms with Gasteiger partial charge in [-0.2, -0.15) is 4.98 Å². The zero-order chi connectivity index (χ0) is 17.6. The Kier molecular flexibility index (Phi) is 5.63. The van der Waals surface area contributed by atoms with Gasteiger partial charge in [0.25, 0.3) is 0 Å². The van der Waals surface area contributed by atoms with E-state index in [1.807, 2.05) is 31.1 Å². The van der Waals surface area contributed by atoms with E-state index in [-0.39, 0.29) is 5.91 Å². The number of nitrogens with zero attached hydrogens (tertiary/aromatic N) is 4. The van der Waals surface area contributed by atoms with Crippen molar-refractivity contribution in [3.05, 3.63) is 35.6 Å². The minimum Gasteiger partial charge on any atom is -0.373 e. The lowest BCUT2D eigenvalue weighted by atomic mass is 9.91. The topological polar surface area (TPSA) is 84.2 Å². The Labute approximate surface area is 147 Å². The number of aryl methyl sites for hydroxylation is 2. The second-order valence-electron chi connectivity index (χ2n) is 6.36. The van der Waals surface area contributed by atoms with E-state index in [9.17, 15) is 4.79 Å². The van der Waals surface area contributed by atoms with E-state index in [1.165, 1.54) is 5.56 Å². The molecule has 3 heterocycles. The molecule has 1 fully saturated rings. The molecule has 1 amide bonds. The van der Waals surface area contributed by atoms with Crippen LogP contribution in [-0.2, 0) is 17.6 Å². The summed E-state index contributed by atoms with van der Waals surface area (Å²) in [6.07, 6.45) is 5.60. The molecule has 1 atom stereocenters. The van der Waals surface area contributed by atoms with Gasteiger partial charge in [0.05, 0.1) is 0 Å². The van der Waals surface area contributed by atoms with Crippen LogP contribution in [0, 0.1) is 0 Å². The Morgan fingerprint density at radius 3 is 3.12 bits per heavy atom. The molecule has 1 aliphatic rings. The van der Waals surface area contributed by atoms with Gasteiger partial charge >= 0.3 is 0 Å². The minimum absolute atomic E-state index is 0.156. The third kappa shape index (κ3) is 4.35. The molecule has 7 nitrogen and oxygen atoms in total. The molecule has 0 aliphatic carbocycles. The number of hydrogen-bond acceptors (Lipinski definition) is 6. The maximum absolute atomic E-state index is 12.6. The van der Waals surface area contributed by atoms with Crippen LogP contribution in [0.25, 0.3) is 0 Å². The number of rotatable bonds is 6. The maximum Gasteiger partial charge on any atom is 0.227 e. The van der Waals surface area contributed by atoms with E-state index >= 15 is 0 Å². The zero-order valence-corrected chi connectivity index (χ0v) is 14.9. The summed E-state index contributed by atoms with van der Waals surface area (Å²) in [5, 5.41) is 6.94. The quantitative estimate of drug-likeness (QED) is 0.867. The minimum atomic E-state index is 0.156. The van der Waals surface area contributed by atoms with Gasteiger partial charge in [0, 0.05) is 51.5 Å². The number of carbonyl (C=O) groups is 1. The summed E-state index contributed by atoms with van der Waals surface area (Å²) in [5.41, 5.74) is 1.24. The molecule has 2 aromatic heterocycles. The van der Waals surface area contributed by atoms with Crippen molar-refractivity contribution in [3.8, 4) is 0 Å². The van der Waals surface area contributed by atoms with Crippen molar-refractivity contribution < 1.29 is 9.32 Å². The van der Waals surface area contributed by atoms with Crippen molar-refractivity contribution in [2.45, 2.75) is 44.9 Å². The summed E-state index contributed by atoms with van der Waals surface area (Å²) in [7, 11) is 1.87. The number of hydrogen-bond donors (Lipinski definition) is 1. The van der Waals surface area contributed by atoms with Crippen LogP contribution < -0.4 is 5.32 Å². The second kappa shape index (κ2) is 8.09. The second-order valence-corrected chi connectivity index (χ2v) is 6.36. The number of carbonyl (C=O) groups excluding carboxylic acids is 1. The van der Waals surface area contributed by atoms with E-state index in [0.717, 1.165) is 38.2 Å². The summed E-state index contributed by atoms with van der Waals surface area (Å²) >= 11 is 0. The Morgan fingerprint density at radius 1 is 1.48 bits per heavy atom. The highest BCUT2D eigenvalue weighted by Gasteiger charge is 2.25. The molecule has 7 heteroatoms. The van der Waals surface area contributed by atoms with Gasteiger partial charge in [-0.1, -0.05) is 12.1 Å². The molecule has 25 heavy (non-hydrogen) atoms. The van der Waals surface area contributed by atoms with Crippen LogP contribution >= 0.6 is 0 Å². The summed E-state index contributed by atoms with van der Waals surface area (Å²) in [6, 6.07) is 4.12. The first-order valence-electron chi connectivity index (χ1n) is 8.92. The monoisotopic (exact) mass is 343 g/mol. The molecule has 0 aromatic carbocycles. The van der Waals surface area contributed by atoms with E-state index in [2.05, 4.69) is 26.5 Å². The predicted octanol–water partition coefficient (Wildman–Crippen LogP) is 2.41. The fourth-order valence-electron chi connectivity index (χ4n) is 3.22. The number of pyridine rings is 1. The molecule has 2 aromatic rings. The SMILES string of the molecule is CCc1noc(CCC(=O)N2CCCC(c3ccnc(NC)c3)C2)n1. The molecule has 0 saturated carbocycles. The van der Waals surface area contributed by atoms with Crippen LogP contribution in [0.4, 0.5) is 5.82 Å². The average Bonchev–Trinajstić information content (AvgIpc) is 3.14. The number of nitrogens with one attached hydrogen (secondary N) is 1. The number of amides is 1. The van der Waals surface area contributed by atoms with Gasteiger partial charge in [-0.3, -0.25) is 4.79 Å². The van der Waals surface area contributed by atoms with Gasteiger partial charge < -0.3 is 14.7 Å². The fourth-order valence-corrected chi connectivity index (χ4v) is 3.22. The number of piperidine rings is 1. The number of aromatic nitrogens is 3. The first-order chi connectivity index (χ1) is 12.2. The van der Waals surface area contributed by atoms with Gasteiger partial charge in [0.2, 0.25) is 11.8 Å². The largest absolute Gasteiger partial charge is 0.373 e. The van der Waals surface area contributed by atoms with E-state index in [4.69, 9.17) is 4.52 Å². The first-order valence-corrected chi connectivity index (χ1v) is 8.92. The van der Waals surface area contributed by atoms with Gasteiger partial charge in [-0.05, 0) is 30.5 Å². The predicted molar refractivity (Wildman–Crippen MR) is 94.3 cm³/mol. The Morgan fingerprint density at radius 2 is 2.36 bits per heavy atom. The lowest BCUT2D eigenvalue weighted by Crippen LogP contribution is -2.39. The normalized spacial score (nSPS) is 17.5. The van der Waals surface area contributed by atoms with Crippen LogP contribution in [0.15, 0.2) is 22.9 Å². The molecule has 3 rings (SSSR count). The standard InChI is InChI=1S/C18H25N5O2/c1-3-15-21-17(25-22-15)6-7-18(24)23-10-4-5-14(12-23)13-8-9-20-16(11-13)19-2/h8-9,11,14H,3-7,10,12H2,1-2H3,(H,19,20). The van der Waals surface area contributed by atoms with Crippen molar-refractivity contribution in [1.82, 2.24) is 20.0 Å². The molecule has 1 aliphatic heterocycles. The van der Waals surface area contributed by atoms with Gasteiger partial charge in [-0.25, -0.2) is 4.98 Å². The van der Waals surface area contributed by atoms with E-state index < -0.39 is 0 Å². The van der Waals surface area contributed by atoms with Crippen molar-refractivity contribution in [3.63, 3.8) is 0 Å². The maximum atomic E-state index is 12.6. The summed E-state index contributed by atoms with van der Waals surface area (Å²) in [4.78, 5) is 23.1. The third-order valence-electron chi connectivity index (χ3n) is 4.66. The van der Waals surface area contributed by atoms with Crippen LogP contribution in [0.3, 0.4) is 0 Å². The highest BCUT2D eigenvalue weighted by atomic mass is 16.5. The summed E-state index contributed by atoms with van der Waals surface area (Å²) in [5.74, 6) is 2.63. The summed E-state index contributed by atoms with van der Waals surface area (Å²) < 4.78 is 5.16. The van der Waals surface area contributed by atoms with Gasteiger partial charge in [-0.15, -0.1) is 0 Å². The molecule has 0 radical (unpaired) electrons. The molecule has 1 N–H and O–H groups in total. The smallest absolute Gasteiger partial charge is 0.227 e. The molecule has 0 spiro atoms. The Balaban J connectivity index is 1.57. The summed E-state index contributed by atoms with van der Waals surface area (Å²) in [6.45, 7) is 3.56. The lowest BCUT2D eigenvalue weighted by Gasteiger charge is -2.33. The van der Waals surface area contributed by atoms with Crippen molar-refractivity contribution >= 4 is 11.7 Å². The van der Waals surface area contributed by atoms with Crippen LogP contribution in [0.1, 0.15) is 49.4 Å². The number of likely N-dealkylation sites (tertiary alicyclic amines) is 1. The highest BCUT2D eigenvalue weighted by molar-refractivity contribution is 5.76. The molecular formula is C18H25N5O2. The number of anilines is 1. The molecule has 134 valence electrons. The molecule has 0 bridgehead atoms. The van der Waals surface area contributed by atoms with E-state index in [1.54, 1.807) is 0 Å². The van der Waals surface area contributed by atoms with Gasteiger partial charge in [0.1, 0.15) is 5.82 Å². The van der Waals surface area contributed by atoms with Crippen molar-refractivity contribution in [2.24, 2.45) is 0 Å². The molecular weight excluding hydrogens is 318 g/mol. The average molecular weight is 343 g/mol. The zero-order valence-electron chi connectivity index (χ0n) is 14.9. The van der Waals surface area contributed by atoms with Gasteiger partial charge in [0.15, 0.2) is 5.82 Å². The van der Waals surface area contributed by atoms with Crippen molar-refractivity contribution in [2.75, 3.05) is 25.5 Å². The van der Waals surface area contributed by atoms with Crippen molar-refractivity contribution in [1.29, 1.82) is 0 Å². The fraction of sp³-hybridized carbons (Fsp3) is 0.556. The molecule has 1 unspecified atom stereocenters. The first kappa shape index (κ1) is 17.4. The molecule has 1 saturated heterocycles. The Hall–Kier alpha value is -2.44. The van der Waals surface area contributed by atoms with Crippen LogP contribution in [0.2, 0.25) is 0 Å². The highest BCUT2D eigenvalue weighted by Crippen LogP contribution is 2.28.